The van der Waals surface area contributed by atoms with Crippen LogP contribution in [0.2, 0.25) is 10.0 Å². The number of nitrogens with zero attached hydrogens (tertiary/aromatic N) is 4. The Balaban J connectivity index is 1.90. The van der Waals surface area contributed by atoms with Crippen LogP contribution in [-0.4, -0.2) is 45.7 Å². The molecular weight excluding hydrogens is 525 g/mol. The lowest BCUT2D eigenvalue weighted by Gasteiger charge is -2.26. The van der Waals surface area contributed by atoms with E-state index in [1.807, 2.05) is 0 Å². The molecule has 38 heavy (non-hydrogen) atoms. The van der Waals surface area contributed by atoms with E-state index < -0.39 is 11.7 Å². The lowest BCUT2D eigenvalue weighted by atomic mass is 9.84. The number of amides is 1. The summed E-state index contributed by atoms with van der Waals surface area (Å²) in [6.07, 6.45) is 6.81. The molecule has 2 aromatic rings. The molecule has 0 aliphatic heterocycles. The van der Waals surface area contributed by atoms with Crippen molar-refractivity contribution in [2.75, 3.05) is 6.54 Å². The molecule has 1 heterocycles. The van der Waals surface area contributed by atoms with Gasteiger partial charge in [-0.05, 0) is 45.1 Å². The second kappa shape index (κ2) is 13.3. The molecule has 0 unspecified atom stereocenters. The van der Waals surface area contributed by atoms with Gasteiger partial charge < -0.3 is 10.6 Å². The summed E-state index contributed by atoms with van der Waals surface area (Å²) in [6.45, 7) is 10.4. The van der Waals surface area contributed by atoms with Crippen LogP contribution in [0.3, 0.4) is 0 Å². The zero-order valence-corrected chi connectivity index (χ0v) is 22.8. The monoisotopic (exact) mass is 553 g/mol. The van der Waals surface area contributed by atoms with Crippen LogP contribution in [0.5, 0.6) is 0 Å². The van der Waals surface area contributed by atoms with Gasteiger partial charge in [-0.3, -0.25) is 24.4 Å². The maximum atomic E-state index is 13.8. The van der Waals surface area contributed by atoms with Gasteiger partial charge in [0.1, 0.15) is 5.78 Å². The van der Waals surface area contributed by atoms with Crippen molar-refractivity contribution in [3.05, 3.63) is 81.0 Å². The summed E-state index contributed by atoms with van der Waals surface area (Å²) < 4.78 is 0. The molecule has 1 aromatic heterocycles. The van der Waals surface area contributed by atoms with Crippen molar-refractivity contribution in [2.45, 2.75) is 52.1 Å². The van der Waals surface area contributed by atoms with Crippen molar-refractivity contribution < 1.29 is 14.4 Å². The average Bonchev–Trinajstić information content (AvgIpc) is 2.89. The van der Waals surface area contributed by atoms with Gasteiger partial charge in [0.25, 0.3) is 5.91 Å². The van der Waals surface area contributed by atoms with Crippen molar-refractivity contribution in [2.24, 2.45) is 16.6 Å². The van der Waals surface area contributed by atoms with Crippen molar-refractivity contribution in [3.63, 3.8) is 0 Å². The van der Waals surface area contributed by atoms with Gasteiger partial charge in [0.05, 0.1) is 40.3 Å². The van der Waals surface area contributed by atoms with E-state index in [9.17, 15) is 14.4 Å². The highest BCUT2D eigenvalue weighted by atomic mass is 35.5. The van der Waals surface area contributed by atoms with Crippen molar-refractivity contribution in [3.8, 4) is 0 Å². The van der Waals surface area contributed by atoms with E-state index in [1.54, 1.807) is 38.1 Å². The molecule has 198 valence electrons. The first-order valence-electron chi connectivity index (χ1n) is 12.2. The molecule has 10 heteroatoms. The molecule has 1 amide bonds. The molecule has 1 aliphatic rings. The number of para-hydroxylation sites is 1. The number of Topliss-reactive ketones (excluding diaryl/α,β-unsaturated/α-hetero) is 2. The van der Waals surface area contributed by atoms with Crippen LogP contribution in [-0.2, 0) is 16.1 Å². The van der Waals surface area contributed by atoms with Crippen LogP contribution < -0.4 is 5.73 Å². The fraction of sp³-hybridized carbons (Fsp3) is 0.357. The number of carbonyl (C=O) groups excluding carboxylic acids is 3. The Morgan fingerprint density at radius 2 is 1.76 bits per heavy atom. The molecule has 0 spiro atoms. The van der Waals surface area contributed by atoms with Gasteiger partial charge in [-0.2, -0.15) is 0 Å². The molecular formula is C28H29Cl2N5O3. The Labute approximate surface area is 232 Å². The van der Waals surface area contributed by atoms with E-state index in [2.05, 4.69) is 9.83 Å². The van der Waals surface area contributed by atoms with Crippen molar-refractivity contribution in [1.29, 1.82) is 0 Å². The van der Waals surface area contributed by atoms with Gasteiger partial charge in [0, 0.05) is 36.8 Å². The Morgan fingerprint density at radius 1 is 1.13 bits per heavy atom. The van der Waals surface area contributed by atoms with E-state index >= 15 is 0 Å². The zero-order chi connectivity index (χ0) is 27.8. The molecule has 1 saturated carbocycles. The van der Waals surface area contributed by atoms with Crippen LogP contribution in [0.4, 0.5) is 5.69 Å². The van der Waals surface area contributed by atoms with Gasteiger partial charge in [-0.25, -0.2) is 4.85 Å². The fourth-order valence-corrected chi connectivity index (χ4v) is 5.14. The third kappa shape index (κ3) is 7.06. The normalized spacial score (nSPS) is 18.0. The fourth-order valence-electron chi connectivity index (χ4n) is 4.56. The average molecular weight is 554 g/mol. The predicted molar refractivity (Wildman–Crippen MR) is 149 cm³/mol. The highest BCUT2D eigenvalue weighted by Gasteiger charge is 2.28. The molecule has 1 fully saturated rings. The number of rotatable bonds is 9. The van der Waals surface area contributed by atoms with E-state index in [4.69, 9.17) is 40.5 Å². The quantitative estimate of drug-likeness (QED) is 0.188. The van der Waals surface area contributed by atoms with Gasteiger partial charge >= 0.3 is 0 Å². The number of aliphatic imine (C=N–C) groups is 1. The number of aromatic nitrogens is 1. The summed E-state index contributed by atoms with van der Waals surface area (Å²) in [4.78, 5) is 52.2. The number of nitrogens with two attached hydrogens (primary N) is 1. The summed E-state index contributed by atoms with van der Waals surface area (Å²) in [5.41, 5.74) is 7.49. The lowest BCUT2D eigenvalue weighted by Crippen LogP contribution is -2.38. The highest BCUT2D eigenvalue weighted by Crippen LogP contribution is 2.28. The number of pyridine rings is 1. The predicted octanol–water partition coefficient (Wildman–Crippen LogP) is 5.60. The maximum Gasteiger partial charge on any atom is 0.257 e. The van der Waals surface area contributed by atoms with Gasteiger partial charge in [0.15, 0.2) is 11.5 Å². The van der Waals surface area contributed by atoms with E-state index in [1.165, 1.54) is 23.5 Å². The number of ketones is 2. The smallest absolute Gasteiger partial charge is 0.257 e. The Bertz CT molecular complexity index is 1300. The summed E-state index contributed by atoms with van der Waals surface area (Å²) in [6, 6.07) is 6.83. The van der Waals surface area contributed by atoms with Crippen LogP contribution in [0.15, 0.2) is 53.4 Å². The summed E-state index contributed by atoms with van der Waals surface area (Å²) in [7, 11) is 0. The first kappa shape index (κ1) is 29.0. The topological polar surface area (TPSA) is 110 Å². The van der Waals surface area contributed by atoms with E-state index in [-0.39, 0.29) is 52.0 Å². The molecule has 0 bridgehead atoms. The Morgan fingerprint density at radius 3 is 2.34 bits per heavy atom. The van der Waals surface area contributed by atoms with Crippen LogP contribution in [0, 0.1) is 12.5 Å². The molecule has 0 radical (unpaired) electrons. The highest BCUT2D eigenvalue weighted by molar-refractivity contribution is 6.39. The molecule has 1 aromatic carbocycles. The first-order valence-corrected chi connectivity index (χ1v) is 13.0. The molecule has 8 nitrogen and oxygen atoms in total. The third-order valence-electron chi connectivity index (χ3n) is 6.66. The van der Waals surface area contributed by atoms with E-state index in [0.29, 0.717) is 17.0 Å². The zero-order valence-electron chi connectivity index (χ0n) is 21.3. The van der Waals surface area contributed by atoms with Crippen LogP contribution in [0.25, 0.3) is 4.85 Å². The number of benzene rings is 1. The summed E-state index contributed by atoms with van der Waals surface area (Å²) in [5.74, 6) is -0.745. The first-order chi connectivity index (χ1) is 18.2. The minimum Gasteiger partial charge on any atom is -0.404 e. The van der Waals surface area contributed by atoms with Gasteiger partial charge in [0.2, 0.25) is 0 Å². The second-order valence-corrected chi connectivity index (χ2v) is 10.0. The summed E-state index contributed by atoms with van der Waals surface area (Å²) >= 11 is 12.4. The Hall–Kier alpha value is -3.54. The van der Waals surface area contributed by atoms with Crippen molar-refractivity contribution >= 4 is 52.1 Å². The van der Waals surface area contributed by atoms with Gasteiger partial charge in [-0.1, -0.05) is 47.5 Å². The molecule has 0 atom stereocenters. The second-order valence-electron chi connectivity index (χ2n) is 9.21. The molecule has 3 rings (SSSR count). The van der Waals surface area contributed by atoms with Crippen LogP contribution in [0.1, 0.15) is 55.5 Å². The minimum atomic E-state index is -0.513. The third-order valence-corrected chi connectivity index (χ3v) is 7.24. The maximum absolute atomic E-state index is 13.8. The van der Waals surface area contributed by atoms with Crippen LogP contribution >= 0.6 is 23.2 Å². The lowest BCUT2D eigenvalue weighted by molar-refractivity contribution is -0.126. The largest absolute Gasteiger partial charge is 0.404 e. The van der Waals surface area contributed by atoms with Gasteiger partial charge in [-0.15, -0.1) is 0 Å². The Kier molecular flexibility index (Phi) is 10.2. The molecule has 1 aliphatic carbocycles. The number of halogens is 2. The number of carbonyl (C=O) groups is 3. The molecule has 2 N–H and O–H groups in total. The van der Waals surface area contributed by atoms with E-state index in [0.717, 1.165) is 25.7 Å². The molecule has 0 saturated heterocycles. The SMILES string of the molecule is [C-]#[N+]c1ccccc1CN(CC(=O)c1c(Cl)cncc1Cl)C(=O)C(=CN)C(C)=NC1CCC(C(C)=O)CC1. The van der Waals surface area contributed by atoms with Crippen molar-refractivity contribution in [1.82, 2.24) is 9.88 Å². The number of hydrogen-bond donors (Lipinski definition) is 1. The minimum absolute atomic E-state index is 0.0161. The standard InChI is InChI=1S/C28H29Cl2N5O3/c1-17(34-21-10-8-19(9-11-21)18(2)36)22(12-31)28(38)35(15-20-6-4-5-7-25(20)32-3)16-26(37)27-23(29)13-33-14-24(27)30/h4-7,12-14,19,21H,8-11,15-16,31H2,1-2H3. The summed E-state index contributed by atoms with van der Waals surface area (Å²) in [5, 5.41) is 0.148. The number of hydrogen-bond acceptors (Lipinski definition) is 6.